The summed E-state index contributed by atoms with van der Waals surface area (Å²) in [4.78, 5) is 16.8. The van der Waals surface area contributed by atoms with Crippen LogP contribution >= 0.6 is 0 Å². The minimum Gasteiger partial charge on any atom is -0.352 e. The maximum Gasteiger partial charge on any atom is 0.240 e. The molecule has 1 aliphatic carbocycles. The Morgan fingerprint density at radius 2 is 1.96 bits per heavy atom. The lowest BCUT2D eigenvalue weighted by molar-refractivity contribution is -0.122. The van der Waals surface area contributed by atoms with Crippen LogP contribution in [0.25, 0.3) is 11.0 Å². The van der Waals surface area contributed by atoms with Crippen LogP contribution in [-0.4, -0.2) is 36.2 Å². The lowest BCUT2D eigenvalue weighted by Gasteiger charge is -2.23. The van der Waals surface area contributed by atoms with Crippen molar-refractivity contribution in [3.05, 3.63) is 30.1 Å². The highest BCUT2D eigenvalue weighted by molar-refractivity contribution is 7.89. The van der Waals surface area contributed by atoms with Crippen molar-refractivity contribution in [2.75, 3.05) is 6.26 Å². The third-order valence-electron chi connectivity index (χ3n) is 4.40. The van der Waals surface area contributed by atoms with Crippen molar-refractivity contribution in [3.8, 4) is 0 Å². The zero-order chi connectivity index (χ0) is 17.2. The second-order valence-electron chi connectivity index (χ2n) is 6.58. The van der Waals surface area contributed by atoms with Gasteiger partial charge in [-0.3, -0.25) is 4.79 Å². The Bertz CT molecular complexity index is 836. The monoisotopic (exact) mass is 349 g/mol. The molecule has 1 heterocycles. The van der Waals surface area contributed by atoms with E-state index in [4.69, 9.17) is 0 Å². The lowest BCUT2D eigenvalue weighted by atomic mass is 9.95. The van der Waals surface area contributed by atoms with Gasteiger partial charge < -0.3 is 9.88 Å². The van der Waals surface area contributed by atoms with Crippen LogP contribution in [0.1, 0.15) is 37.9 Å². The van der Waals surface area contributed by atoms with E-state index in [9.17, 15) is 13.2 Å². The molecule has 1 aromatic carbocycles. The first-order valence-electron chi connectivity index (χ1n) is 8.33. The van der Waals surface area contributed by atoms with Gasteiger partial charge in [0.05, 0.1) is 11.0 Å². The van der Waals surface area contributed by atoms with Crippen LogP contribution in [0, 0.1) is 0 Å². The first kappa shape index (κ1) is 17.0. The summed E-state index contributed by atoms with van der Waals surface area (Å²) in [6.07, 6.45) is 6.76. The molecule has 0 atom stereocenters. The maximum absolute atomic E-state index is 12.4. The van der Waals surface area contributed by atoms with E-state index in [-0.39, 0.29) is 24.2 Å². The Balaban J connectivity index is 1.83. The van der Waals surface area contributed by atoms with Crippen molar-refractivity contribution >= 4 is 26.8 Å². The van der Waals surface area contributed by atoms with E-state index in [1.807, 2.05) is 24.3 Å². The van der Waals surface area contributed by atoms with Crippen LogP contribution in [0.2, 0.25) is 0 Å². The number of rotatable bonds is 5. The number of nitrogens with zero attached hydrogens (tertiary/aromatic N) is 2. The van der Waals surface area contributed by atoms with Gasteiger partial charge >= 0.3 is 0 Å². The number of hydrogen-bond acceptors (Lipinski definition) is 4. The van der Waals surface area contributed by atoms with E-state index in [0.29, 0.717) is 11.3 Å². The third-order valence-corrected chi connectivity index (χ3v) is 5.18. The molecule has 3 rings (SSSR count). The van der Waals surface area contributed by atoms with E-state index in [2.05, 4.69) is 10.3 Å². The Morgan fingerprint density at radius 3 is 2.67 bits per heavy atom. The zero-order valence-corrected chi connectivity index (χ0v) is 14.7. The van der Waals surface area contributed by atoms with Crippen molar-refractivity contribution in [2.45, 2.75) is 50.4 Å². The van der Waals surface area contributed by atoms with Gasteiger partial charge in [0.15, 0.2) is 9.84 Å². The molecule has 0 saturated heterocycles. The fourth-order valence-electron chi connectivity index (χ4n) is 3.31. The predicted octanol–water partition coefficient (Wildman–Crippen LogP) is 2.03. The van der Waals surface area contributed by atoms with E-state index in [1.165, 1.54) is 12.7 Å². The number of sulfone groups is 1. The maximum atomic E-state index is 12.4. The second-order valence-corrected chi connectivity index (χ2v) is 8.72. The summed E-state index contributed by atoms with van der Waals surface area (Å²) in [5, 5.41) is 3.07. The first-order chi connectivity index (χ1) is 11.4. The molecule has 1 N–H and O–H groups in total. The number of carbonyl (C=O) groups is 1. The average Bonchev–Trinajstić information content (AvgIpc) is 2.84. The molecule has 130 valence electrons. The summed E-state index contributed by atoms with van der Waals surface area (Å²) in [5.41, 5.74) is 1.50. The highest BCUT2D eigenvalue weighted by Gasteiger charge is 2.19. The number of benzene rings is 1. The Labute approximate surface area is 142 Å². The summed E-state index contributed by atoms with van der Waals surface area (Å²) >= 11 is 0. The van der Waals surface area contributed by atoms with Gasteiger partial charge in [0.25, 0.3) is 0 Å². The molecule has 7 heteroatoms. The molecule has 1 saturated carbocycles. The second kappa shape index (κ2) is 6.93. The van der Waals surface area contributed by atoms with Gasteiger partial charge in [0.1, 0.15) is 18.1 Å². The Kier molecular flexibility index (Phi) is 4.89. The first-order valence-corrected chi connectivity index (χ1v) is 10.4. The molecular formula is C17H23N3O3S. The minimum absolute atomic E-state index is 0.0835. The van der Waals surface area contributed by atoms with Gasteiger partial charge in [-0.1, -0.05) is 31.4 Å². The molecule has 0 bridgehead atoms. The number of para-hydroxylation sites is 2. The highest BCUT2D eigenvalue weighted by atomic mass is 32.2. The number of fused-ring (bicyclic) bond motifs is 1. The lowest BCUT2D eigenvalue weighted by Crippen LogP contribution is -2.38. The molecule has 0 radical (unpaired) electrons. The molecule has 6 nitrogen and oxygen atoms in total. The Hall–Kier alpha value is -1.89. The van der Waals surface area contributed by atoms with Gasteiger partial charge in [-0.25, -0.2) is 13.4 Å². The molecule has 0 aliphatic heterocycles. The number of carbonyl (C=O) groups excluding carboxylic acids is 1. The van der Waals surface area contributed by atoms with Gasteiger partial charge in [0.2, 0.25) is 5.91 Å². The molecule has 2 aromatic rings. The zero-order valence-electron chi connectivity index (χ0n) is 13.9. The smallest absolute Gasteiger partial charge is 0.240 e. The molecule has 0 unspecified atom stereocenters. The largest absolute Gasteiger partial charge is 0.352 e. The minimum atomic E-state index is -3.23. The normalized spacial score (nSPS) is 16.4. The summed E-state index contributed by atoms with van der Waals surface area (Å²) < 4.78 is 25.1. The molecule has 24 heavy (non-hydrogen) atoms. The molecule has 1 amide bonds. The summed E-state index contributed by atoms with van der Waals surface area (Å²) in [5.74, 6) is 0.163. The molecule has 1 fully saturated rings. The van der Waals surface area contributed by atoms with Crippen LogP contribution in [0.5, 0.6) is 0 Å². The van der Waals surface area contributed by atoms with Crippen LogP contribution < -0.4 is 5.32 Å². The van der Waals surface area contributed by atoms with Crippen molar-refractivity contribution in [1.82, 2.24) is 14.9 Å². The summed E-state index contributed by atoms with van der Waals surface area (Å²) in [6, 6.07) is 7.65. The molecule has 0 spiro atoms. The average molecular weight is 349 g/mol. The van der Waals surface area contributed by atoms with Crippen molar-refractivity contribution in [2.24, 2.45) is 0 Å². The fourth-order valence-corrected chi connectivity index (χ4v) is 4.00. The fraction of sp³-hybridized carbons (Fsp3) is 0.529. The van der Waals surface area contributed by atoms with E-state index < -0.39 is 9.84 Å². The quantitative estimate of drug-likeness (QED) is 0.895. The number of aromatic nitrogens is 2. The summed E-state index contributed by atoms with van der Waals surface area (Å²) in [6.45, 7) is 0.0991. The standard InChI is InChI=1S/C17H23N3O3S/c1-24(22,23)12-16-19-14-9-5-6-10-15(14)20(16)11-17(21)18-13-7-3-2-4-8-13/h5-6,9-10,13H,2-4,7-8,11-12H2,1H3,(H,18,21). The number of nitrogens with one attached hydrogen (secondary N) is 1. The SMILES string of the molecule is CS(=O)(=O)Cc1nc2ccccc2n1CC(=O)NC1CCCCC1. The number of hydrogen-bond donors (Lipinski definition) is 1. The van der Waals surface area contributed by atoms with E-state index >= 15 is 0 Å². The van der Waals surface area contributed by atoms with Crippen molar-refractivity contribution in [3.63, 3.8) is 0 Å². The van der Waals surface area contributed by atoms with Crippen molar-refractivity contribution < 1.29 is 13.2 Å². The van der Waals surface area contributed by atoms with Gasteiger partial charge in [-0.15, -0.1) is 0 Å². The van der Waals surface area contributed by atoms with Crippen LogP contribution in [0.15, 0.2) is 24.3 Å². The van der Waals surface area contributed by atoms with Gasteiger partial charge in [-0.2, -0.15) is 0 Å². The van der Waals surface area contributed by atoms with Crippen LogP contribution in [0.3, 0.4) is 0 Å². The highest BCUT2D eigenvalue weighted by Crippen LogP contribution is 2.19. The van der Waals surface area contributed by atoms with E-state index in [1.54, 1.807) is 4.57 Å². The van der Waals surface area contributed by atoms with Crippen molar-refractivity contribution in [1.29, 1.82) is 0 Å². The number of imidazole rings is 1. The third kappa shape index (κ3) is 4.14. The van der Waals surface area contributed by atoms with Crippen LogP contribution in [-0.2, 0) is 26.9 Å². The predicted molar refractivity (Wildman–Crippen MR) is 93.3 cm³/mol. The molecule has 1 aliphatic rings. The number of amides is 1. The van der Waals surface area contributed by atoms with Crippen LogP contribution in [0.4, 0.5) is 0 Å². The molecular weight excluding hydrogens is 326 g/mol. The van der Waals surface area contributed by atoms with E-state index in [0.717, 1.165) is 31.2 Å². The molecule has 1 aromatic heterocycles. The van der Waals surface area contributed by atoms with Gasteiger partial charge in [0, 0.05) is 12.3 Å². The topological polar surface area (TPSA) is 81.1 Å². The summed E-state index contributed by atoms with van der Waals surface area (Å²) in [7, 11) is -3.23. The van der Waals surface area contributed by atoms with Gasteiger partial charge in [-0.05, 0) is 25.0 Å². The Morgan fingerprint density at radius 1 is 1.25 bits per heavy atom.